The smallest absolute Gasteiger partial charge is 0.126 e. The van der Waals surface area contributed by atoms with Crippen LogP contribution >= 0.6 is 0 Å². The molecule has 0 amide bonds. The summed E-state index contributed by atoms with van der Waals surface area (Å²) in [6.45, 7) is 2.41. The number of rotatable bonds is 4. The summed E-state index contributed by atoms with van der Waals surface area (Å²) in [6, 6.07) is 5.18. The average molecular weight is 265 g/mol. The highest BCUT2D eigenvalue weighted by Gasteiger charge is 2.23. The molecule has 104 valence electrons. The molecule has 3 rings (SSSR count). The molecule has 2 aliphatic rings. The summed E-state index contributed by atoms with van der Waals surface area (Å²) in [7, 11) is 0. The van der Waals surface area contributed by atoms with Crippen LogP contribution in [0.2, 0.25) is 0 Å². The van der Waals surface area contributed by atoms with Crippen molar-refractivity contribution in [2.45, 2.75) is 37.8 Å². The number of hydrogen-bond acceptors (Lipinski definition) is 3. The van der Waals surface area contributed by atoms with Gasteiger partial charge in [0, 0.05) is 18.0 Å². The van der Waals surface area contributed by atoms with Crippen molar-refractivity contribution in [2.24, 2.45) is 0 Å². The number of hydrogen-bond donors (Lipinski definition) is 1. The number of halogens is 1. The molecule has 1 N–H and O–H groups in total. The van der Waals surface area contributed by atoms with E-state index in [1.165, 1.54) is 25.3 Å². The van der Waals surface area contributed by atoms with E-state index in [0.717, 1.165) is 30.9 Å². The van der Waals surface area contributed by atoms with Crippen molar-refractivity contribution in [1.82, 2.24) is 5.32 Å². The van der Waals surface area contributed by atoms with Crippen LogP contribution in [0.4, 0.5) is 4.39 Å². The molecule has 0 aromatic heterocycles. The molecule has 2 heterocycles. The van der Waals surface area contributed by atoms with Gasteiger partial charge in [-0.05, 0) is 37.6 Å². The third-order valence-corrected chi connectivity index (χ3v) is 3.80. The van der Waals surface area contributed by atoms with Crippen LogP contribution in [0, 0.1) is 5.82 Å². The second kappa shape index (κ2) is 5.88. The third kappa shape index (κ3) is 3.25. The van der Waals surface area contributed by atoms with Crippen LogP contribution in [0.3, 0.4) is 0 Å². The van der Waals surface area contributed by atoms with Crippen molar-refractivity contribution in [3.63, 3.8) is 0 Å². The van der Waals surface area contributed by atoms with Crippen molar-refractivity contribution < 1.29 is 13.9 Å². The largest absolute Gasteiger partial charge is 0.487 e. The van der Waals surface area contributed by atoms with Gasteiger partial charge in [-0.1, -0.05) is 6.42 Å². The van der Waals surface area contributed by atoms with E-state index < -0.39 is 0 Å². The Hall–Kier alpha value is -1.13. The second-order valence-electron chi connectivity index (χ2n) is 5.38. The number of piperidine rings is 1. The molecule has 19 heavy (non-hydrogen) atoms. The lowest BCUT2D eigenvalue weighted by atomic mass is 10.1. The lowest BCUT2D eigenvalue weighted by Gasteiger charge is -2.23. The molecule has 0 saturated carbocycles. The van der Waals surface area contributed by atoms with E-state index in [9.17, 15) is 4.39 Å². The van der Waals surface area contributed by atoms with Crippen molar-refractivity contribution in [2.75, 3.05) is 19.8 Å². The van der Waals surface area contributed by atoms with Crippen LogP contribution in [0.25, 0.3) is 0 Å². The Morgan fingerprint density at radius 1 is 1.32 bits per heavy atom. The van der Waals surface area contributed by atoms with Gasteiger partial charge in [0.05, 0.1) is 13.2 Å². The fourth-order valence-electron chi connectivity index (χ4n) is 2.79. The van der Waals surface area contributed by atoms with Crippen molar-refractivity contribution in [3.05, 3.63) is 29.6 Å². The monoisotopic (exact) mass is 265 g/mol. The zero-order valence-electron chi connectivity index (χ0n) is 11.0. The van der Waals surface area contributed by atoms with Gasteiger partial charge < -0.3 is 14.8 Å². The number of nitrogens with one attached hydrogen (secondary N) is 1. The van der Waals surface area contributed by atoms with Crippen LogP contribution in [-0.2, 0) is 11.2 Å². The van der Waals surface area contributed by atoms with Gasteiger partial charge in [-0.15, -0.1) is 0 Å². The van der Waals surface area contributed by atoms with Crippen LogP contribution < -0.4 is 10.1 Å². The first kappa shape index (κ1) is 12.9. The topological polar surface area (TPSA) is 30.5 Å². The lowest BCUT2D eigenvalue weighted by Crippen LogP contribution is -2.38. The first-order valence-corrected chi connectivity index (χ1v) is 7.07. The number of ether oxygens (including phenoxy) is 2. The molecule has 4 heteroatoms. The van der Waals surface area contributed by atoms with Crippen molar-refractivity contribution in [3.8, 4) is 5.75 Å². The zero-order chi connectivity index (χ0) is 13.1. The molecule has 2 aliphatic heterocycles. The highest BCUT2D eigenvalue weighted by atomic mass is 19.1. The highest BCUT2D eigenvalue weighted by molar-refractivity contribution is 5.37. The highest BCUT2D eigenvalue weighted by Crippen LogP contribution is 2.29. The van der Waals surface area contributed by atoms with E-state index in [4.69, 9.17) is 9.47 Å². The molecular formula is C15H20FNO2. The molecular weight excluding hydrogens is 245 g/mol. The molecule has 1 aromatic carbocycles. The Balaban J connectivity index is 1.43. The summed E-state index contributed by atoms with van der Waals surface area (Å²) >= 11 is 0. The summed E-state index contributed by atoms with van der Waals surface area (Å²) < 4.78 is 24.6. The van der Waals surface area contributed by atoms with Crippen molar-refractivity contribution >= 4 is 0 Å². The van der Waals surface area contributed by atoms with Gasteiger partial charge in [-0.2, -0.15) is 0 Å². The molecule has 1 saturated heterocycles. The average Bonchev–Trinajstić information content (AvgIpc) is 2.82. The summed E-state index contributed by atoms with van der Waals surface area (Å²) in [5.74, 6) is 0.598. The molecule has 1 aromatic rings. The number of fused-ring (bicyclic) bond motifs is 1. The summed E-state index contributed by atoms with van der Waals surface area (Å²) in [5, 5.41) is 3.45. The van der Waals surface area contributed by atoms with Crippen LogP contribution in [0.5, 0.6) is 5.75 Å². The first-order valence-electron chi connectivity index (χ1n) is 7.07. The van der Waals surface area contributed by atoms with Gasteiger partial charge >= 0.3 is 0 Å². The molecule has 1 fully saturated rings. The Bertz CT molecular complexity index is 432. The van der Waals surface area contributed by atoms with Gasteiger partial charge in [0.15, 0.2) is 0 Å². The van der Waals surface area contributed by atoms with Crippen LogP contribution in [0.15, 0.2) is 18.2 Å². The summed E-state index contributed by atoms with van der Waals surface area (Å²) in [4.78, 5) is 0. The van der Waals surface area contributed by atoms with E-state index >= 15 is 0 Å². The SMILES string of the molecule is Fc1ccc2c(c1)CC(COCC1CCCCN1)O2. The normalized spacial score (nSPS) is 25.9. The minimum Gasteiger partial charge on any atom is -0.487 e. The third-order valence-electron chi connectivity index (χ3n) is 3.80. The minimum absolute atomic E-state index is 0.0281. The van der Waals surface area contributed by atoms with Crippen LogP contribution in [-0.4, -0.2) is 31.9 Å². The number of benzene rings is 1. The second-order valence-corrected chi connectivity index (χ2v) is 5.38. The summed E-state index contributed by atoms with van der Waals surface area (Å²) in [6.07, 6.45) is 4.51. The molecule has 0 aliphatic carbocycles. The van der Waals surface area contributed by atoms with E-state index in [1.54, 1.807) is 12.1 Å². The molecule has 3 nitrogen and oxygen atoms in total. The quantitative estimate of drug-likeness (QED) is 0.906. The molecule has 0 spiro atoms. The van der Waals surface area contributed by atoms with E-state index in [-0.39, 0.29) is 11.9 Å². The molecule has 0 bridgehead atoms. The first-order chi connectivity index (χ1) is 9.31. The van der Waals surface area contributed by atoms with Gasteiger partial charge in [-0.3, -0.25) is 0 Å². The molecule has 0 radical (unpaired) electrons. The van der Waals surface area contributed by atoms with Gasteiger partial charge in [0.1, 0.15) is 17.7 Å². The predicted octanol–water partition coefficient (Wildman–Crippen LogP) is 2.29. The van der Waals surface area contributed by atoms with Gasteiger partial charge in [-0.25, -0.2) is 4.39 Å². The lowest BCUT2D eigenvalue weighted by molar-refractivity contribution is 0.0447. The fourth-order valence-corrected chi connectivity index (χ4v) is 2.79. The fraction of sp³-hybridized carbons (Fsp3) is 0.600. The Labute approximate surface area is 113 Å². The molecule has 2 atom stereocenters. The molecule has 2 unspecified atom stereocenters. The maximum absolute atomic E-state index is 13.1. The maximum Gasteiger partial charge on any atom is 0.126 e. The van der Waals surface area contributed by atoms with E-state index in [1.807, 2.05) is 0 Å². The Kier molecular flexibility index (Phi) is 3.99. The Morgan fingerprint density at radius 3 is 3.11 bits per heavy atom. The van der Waals surface area contributed by atoms with Gasteiger partial charge in [0.2, 0.25) is 0 Å². The van der Waals surface area contributed by atoms with Crippen LogP contribution in [0.1, 0.15) is 24.8 Å². The predicted molar refractivity (Wildman–Crippen MR) is 71.0 cm³/mol. The van der Waals surface area contributed by atoms with Gasteiger partial charge in [0.25, 0.3) is 0 Å². The summed E-state index contributed by atoms with van der Waals surface area (Å²) in [5.41, 5.74) is 0.949. The van der Waals surface area contributed by atoms with Crippen molar-refractivity contribution in [1.29, 1.82) is 0 Å². The van der Waals surface area contributed by atoms with E-state index in [0.29, 0.717) is 12.6 Å². The standard InChI is InChI=1S/C15H20FNO2/c16-12-4-5-15-11(7-12)8-14(19-15)10-18-9-13-3-1-2-6-17-13/h4-5,7,13-14,17H,1-3,6,8-10H2. The Morgan fingerprint density at radius 2 is 2.26 bits per heavy atom. The minimum atomic E-state index is -0.199. The van der Waals surface area contributed by atoms with E-state index in [2.05, 4.69) is 5.32 Å². The maximum atomic E-state index is 13.1. The zero-order valence-corrected chi connectivity index (χ0v) is 11.0.